The molecule has 0 saturated carbocycles. The molecule has 0 unspecified atom stereocenters. The molecule has 2 saturated heterocycles. The fraction of sp³-hybridized carbons (Fsp3) is 0.500. The van der Waals surface area contributed by atoms with E-state index < -0.39 is 29.5 Å². The summed E-state index contributed by atoms with van der Waals surface area (Å²) in [6.07, 6.45) is 0. The topological polar surface area (TPSA) is 76.1 Å². The highest BCUT2D eigenvalue weighted by Gasteiger charge is 2.68. The Bertz CT molecular complexity index is 672. The number of rotatable bonds is 3. The van der Waals surface area contributed by atoms with Gasteiger partial charge < -0.3 is 19.5 Å². The first-order chi connectivity index (χ1) is 10.8. The average Bonchev–Trinajstić information content (AvgIpc) is 2.82. The molecule has 1 atom stereocenters. The molecule has 23 heavy (non-hydrogen) atoms. The van der Waals surface area contributed by atoms with Crippen LogP contribution in [0.15, 0.2) is 18.2 Å². The summed E-state index contributed by atoms with van der Waals surface area (Å²) in [7, 11) is 1.50. The number of hydrogen-bond acceptors (Lipinski definition) is 4. The van der Waals surface area contributed by atoms with Crippen molar-refractivity contribution in [2.24, 2.45) is 5.41 Å². The van der Waals surface area contributed by atoms with Crippen LogP contribution >= 0.6 is 0 Å². The summed E-state index contributed by atoms with van der Waals surface area (Å²) in [5.74, 6) is -1.39. The van der Waals surface area contributed by atoms with Crippen molar-refractivity contribution in [1.29, 1.82) is 0 Å². The van der Waals surface area contributed by atoms with Gasteiger partial charge in [0.2, 0.25) is 5.67 Å². The van der Waals surface area contributed by atoms with Crippen LogP contribution in [0.5, 0.6) is 5.75 Å². The van der Waals surface area contributed by atoms with Crippen LogP contribution < -0.4 is 4.74 Å². The van der Waals surface area contributed by atoms with E-state index in [1.807, 2.05) is 6.92 Å². The number of halogens is 1. The Morgan fingerprint density at radius 2 is 2.04 bits per heavy atom. The van der Waals surface area contributed by atoms with E-state index in [0.717, 1.165) is 5.56 Å². The minimum atomic E-state index is -2.48. The normalized spacial score (nSPS) is 25.3. The van der Waals surface area contributed by atoms with Crippen LogP contribution in [0.4, 0.5) is 4.39 Å². The molecular formula is C16H18FNO5. The highest BCUT2D eigenvalue weighted by Crippen LogP contribution is 2.48. The zero-order valence-corrected chi connectivity index (χ0v) is 13.0. The van der Waals surface area contributed by atoms with Crippen molar-refractivity contribution in [3.63, 3.8) is 0 Å². The van der Waals surface area contributed by atoms with Gasteiger partial charge in [-0.25, -0.2) is 9.18 Å². The van der Waals surface area contributed by atoms with Crippen molar-refractivity contribution in [3.05, 3.63) is 29.3 Å². The van der Waals surface area contributed by atoms with Crippen molar-refractivity contribution < 1.29 is 28.6 Å². The predicted octanol–water partition coefficient (Wildman–Crippen LogP) is 1.27. The molecule has 7 heteroatoms. The van der Waals surface area contributed by atoms with Gasteiger partial charge in [0.15, 0.2) is 0 Å². The second-order valence-electron chi connectivity index (χ2n) is 6.23. The van der Waals surface area contributed by atoms with Gasteiger partial charge in [-0.1, -0.05) is 6.07 Å². The summed E-state index contributed by atoms with van der Waals surface area (Å²) >= 11 is 0. The zero-order chi connectivity index (χ0) is 16.8. The Morgan fingerprint density at radius 1 is 1.35 bits per heavy atom. The number of hydrogen-bond donors (Lipinski definition) is 1. The van der Waals surface area contributed by atoms with E-state index >= 15 is 0 Å². The summed E-state index contributed by atoms with van der Waals surface area (Å²) < 4.78 is 25.2. The van der Waals surface area contributed by atoms with Crippen molar-refractivity contribution in [1.82, 2.24) is 4.90 Å². The molecular weight excluding hydrogens is 305 g/mol. The first kappa shape index (κ1) is 15.7. The number of carbonyl (C=O) groups excluding carboxylic acids is 1. The summed E-state index contributed by atoms with van der Waals surface area (Å²) in [4.78, 5) is 25.3. The lowest BCUT2D eigenvalue weighted by atomic mass is 9.74. The van der Waals surface area contributed by atoms with Gasteiger partial charge in [0.1, 0.15) is 5.75 Å². The van der Waals surface area contributed by atoms with Crippen LogP contribution in [0, 0.1) is 12.3 Å². The molecule has 2 aliphatic heterocycles. The molecule has 124 valence electrons. The molecule has 0 aromatic heterocycles. The maximum Gasteiger partial charge on any atom is 0.344 e. The second-order valence-corrected chi connectivity index (χ2v) is 6.23. The Hall–Kier alpha value is -2.15. The average molecular weight is 323 g/mol. The number of alkyl halides is 1. The smallest absolute Gasteiger partial charge is 0.344 e. The van der Waals surface area contributed by atoms with Crippen LogP contribution in [-0.4, -0.2) is 61.0 Å². The number of likely N-dealkylation sites (tertiary alicyclic amines) is 1. The highest BCUT2D eigenvalue weighted by atomic mass is 19.1. The Balaban J connectivity index is 1.88. The monoisotopic (exact) mass is 323 g/mol. The number of carboxylic acid groups (broad SMARTS) is 1. The number of aliphatic carboxylic acids is 1. The van der Waals surface area contributed by atoms with Gasteiger partial charge in [-0.05, 0) is 24.6 Å². The van der Waals surface area contributed by atoms with E-state index in [1.165, 1.54) is 12.0 Å². The van der Waals surface area contributed by atoms with Crippen molar-refractivity contribution >= 4 is 11.9 Å². The second kappa shape index (κ2) is 5.19. The summed E-state index contributed by atoms with van der Waals surface area (Å²) in [6, 6.07) is 4.95. The van der Waals surface area contributed by atoms with Gasteiger partial charge in [0.05, 0.1) is 32.3 Å². The molecule has 6 nitrogen and oxygen atoms in total. The van der Waals surface area contributed by atoms with E-state index in [0.29, 0.717) is 11.3 Å². The molecule has 0 aliphatic carbocycles. The number of carbonyl (C=O) groups is 2. The summed E-state index contributed by atoms with van der Waals surface area (Å²) in [6.45, 7) is 1.43. The number of ether oxygens (including phenoxy) is 2. The van der Waals surface area contributed by atoms with E-state index in [9.17, 15) is 19.1 Å². The number of aryl methyl sites for hydroxylation is 1. The standard InChI is InChI=1S/C16H18FNO5/c1-10-3-4-11(5-12(10)22-2)13(19)18-6-15(8-23-9-15)16(17,7-18)14(20)21/h3-5H,6-9H2,1-2H3,(H,20,21)/t16-/m0/s1. The third-order valence-corrected chi connectivity index (χ3v) is 4.78. The molecule has 1 spiro atoms. The van der Waals surface area contributed by atoms with Gasteiger partial charge in [-0.3, -0.25) is 4.79 Å². The quantitative estimate of drug-likeness (QED) is 0.906. The number of methoxy groups -OCH3 is 1. The first-order valence-electron chi connectivity index (χ1n) is 7.27. The highest BCUT2D eigenvalue weighted by molar-refractivity contribution is 5.96. The van der Waals surface area contributed by atoms with Crippen LogP contribution in [0.1, 0.15) is 15.9 Å². The molecule has 0 radical (unpaired) electrons. The first-order valence-corrected chi connectivity index (χ1v) is 7.27. The lowest BCUT2D eigenvalue weighted by Gasteiger charge is -2.43. The number of nitrogens with zero attached hydrogens (tertiary/aromatic N) is 1. The van der Waals surface area contributed by atoms with Crippen molar-refractivity contribution in [2.45, 2.75) is 12.6 Å². The van der Waals surface area contributed by atoms with Crippen LogP contribution in [-0.2, 0) is 9.53 Å². The van der Waals surface area contributed by atoms with E-state index in [-0.39, 0.29) is 19.8 Å². The maximum atomic E-state index is 15.0. The third kappa shape index (κ3) is 2.18. The van der Waals surface area contributed by atoms with E-state index in [4.69, 9.17) is 9.47 Å². The van der Waals surface area contributed by atoms with Gasteiger partial charge in [0, 0.05) is 12.1 Å². The summed E-state index contributed by atoms with van der Waals surface area (Å²) in [5, 5.41) is 9.27. The summed E-state index contributed by atoms with van der Waals surface area (Å²) in [5.41, 5.74) is -2.41. The number of amides is 1. The SMILES string of the molecule is COc1cc(C(=O)N2CC3(COC3)[C@@](F)(C(=O)O)C2)ccc1C. The van der Waals surface area contributed by atoms with Gasteiger partial charge in [-0.15, -0.1) is 0 Å². The van der Waals surface area contributed by atoms with Crippen molar-refractivity contribution in [2.75, 3.05) is 33.4 Å². The maximum absolute atomic E-state index is 15.0. The minimum Gasteiger partial charge on any atom is -0.496 e. The Morgan fingerprint density at radius 3 is 2.52 bits per heavy atom. The molecule has 1 aromatic carbocycles. The molecule has 2 fully saturated rings. The fourth-order valence-corrected chi connectivity index (χ4v) is 3.22. The zero-order valence-electron chi connectivity index (χ0n) is 13.0. The molecule has 1 aromatic rings. The fourth-order valence-electron chi connectivity index (χ4n) is 3.22. The molecule has 0 bridgehead atoms. The van der Waals surface area contributed by atoms with Gasteiger partial charge in [0.25, 0.3) is 5.91 Å². The van der Waals surface area contributed by atoms with E-state index in [1.54, 1.807) is 18.2 Å². The van der Waals surface area contributed by atoms with Crippen LogP contribution in [0.2, 0.25) is 0 Å². The molecule has 2 aliphatic rings. The number of carboxylic acids is 1. The lowest BCUT2D eigenvalue weighted by Crippen LogP contribution is -2.60. The van der Waals surface area contributed by atoms with Crippen LogP contribution in [0.3, 0.4) is 0 Å². The molecule has 3 rings (SSSR count). The van der Waals surface area contributed by atoms with E-state index in [2.05, 4.69) is 0 Å². The Kier molecular flexibility index (Phi) is 3.55. The molecule has 1 N–H and O–H groups in total. The minimum absolute atomic E-state index is 0.0107. The predicted molar refractivity (Wildman–Crippen MR) is 78.4 cm³/mol. The van der Waals surface area contributed by atoms with Crippen molar-refractivity contribution in [3.8, 4) is 5.75 Å². The Labute approximate surface area is 132 Å². The largest absolute Gasteiger partial charge is 0.496 e. The lowest BCUT2D eigenvalue weighted by molar-refractivity contribution is -0.192. The van der Waals surface area contributed by atoms with Gasteiger partial charge in [-0.2, -0.15) is 0 Å². The molecule has 1 amide bonds. The molecule has 2 heterocycles. The number of benzene rings is 1. The van der Waals surface area contributed by atoms with Crippen LogP contribution in [0.25, 0.3) is 0 Å². The van der Waals surface area contributed by atoms with Gasteiger partial charge >= 0.3 is 5.97 Å². The third-order valence-electron chi connectivity index (χ3n) is 4.78.